The van der Waals surface area contributed by atoms with Crippen LogP contribution < -0.4 is 9.54 Å². The smallest absolute Gasteiger partial charge is 0.325 e. The van der Waals surface area contributed by atoms with E-state index in [1.807, 2.05) is 0 Å². The fourth-order valence-corrected chi connectivity index (χ4v) is 3.74. The Kier molecular flexibility index (Phi) is 6.15. The molecule has 0 N–H and O–H groups in total. The lowest BCUT2D eigenvalue weighted by molar-refractivity contribution is -0.141. The molecule has 140 valence electrons. The van der Waals surface area contributed by atoms with E-state index in [9.17, 15) is 9.59 Å². The summed E-state index contributed by atoms with van der Waals surface area (Å²) in [5.41, 5.74) is 0.736. The molecule has 1 heterocycles. The van der Waals surface area contributed by atoms with Gasteiger partial charge in [-0.15, -0.1) is 0 Å². The van der Waals surface area contributed by atoms with Gasteiger partial charge in [0.2, 0.25) is 0 Å². The van der Waals surface area contributed by atoms with Crippen LogP contribution in [0.1, 0.15) is 0 Å². The molecular weight excluding hydrogens is 411 g/mol. The van der Waals surface area contributed by atoms with Gasteiger partial charge in [-0.3, -0.25) is 9.59 Å². The number of rotatable bonds is 5. The van der Waals surface area contributed by atoms with E-state index in [2.05, 4.69) is 4.99 Å². The van der Waals surface area contributed by atoms with Crippen LogP contribution in [-0.4, -0.2) is 30.2 Å². The maximum absolute atomic E-state index is 12.2. The number of aromatic nitrogens is 1. The predicted octanol–water partition coefficient (Wildman–Crippen LogP) is 3.69. The van der Waals surface area contributed by atoms with Crippen LogP contribution in [-0.2, 0) is 20.9 Å². The van der Waals surface area contributed by atoms with Crippen molar-refractivity contribution in [1.82, 2.24) is 4.57 Å². The van der Waals surface area contributed by atoms with E-state index in [1.54, 1.807) is 47.0 Å². The molecule has 0 fully saturated rings. The van der Waals surface area contributed by atoms with Crippen molar-refractivity contribution >= 4 is 56.6 Å². The summed E-state index contributed by atoms with van der Waals surface area (Å²) in [6.45, 7) is -0.308. The van der Waals surface area contributed by atoms with Gasteiger partial charge in [0.05, 0.1) is 17.3 Å². The minimum atomic E-state index is -0.485. The van der Waals surface area contributed by atoms with E-state index in [4.69, 9.17) is 32.7 Å². The van der Waals surface area contributed by atoms with Gasteiger partial charge in [-0.1, -0.05) is 34.5 Å². The van der Waals surface area contributed by atoms with Gasteiger partial charge >= 0.3 is 5.97 Å². The highest BCUT2D eigenvalue weighted by Gasteiger charge is 2.12. The van der Waals surface area contributed by atoms with Crippen LogP contribution in [0.25, 0.3) is 10.2 Å². The largest absolute Gasteiger partial charge is 0.484 e. The average molecular weight is 425 g/mol. The number of thiazole rings is 1. The van der Waals surface area contributed by atoms with Gasteiger partial charge in [0.15, 0.2) is 11.4 Å². The number of hydrogen-bond acceptors (Lipinski definition) is 5. The van der Waals surface area contributed by atoms with Crippen LogP contribution in [0.3, 0.4) is 0 Å². The van der Waals surface area contributed by atoms with Crippen molar-refractivity contribution < 1.29 is 19.1 Å². The Morgan fingerprint density at radius 3 is 2.52 bits per heavy atom. The van der Waals surface area contributed by atoms with Crippen molar-refractivity contribution in [2.24, 2.45) is 4.99 Å². The Bertz CT molecular complexity index is 1060. The number of halogens is 2. The standard InChI is InChI=1S/C18H14Cl2N2O4S/c1-25-17(24)9-22-14-7-4-12(20)8-15(14)27-18(22)21-16(23)10-26-13-5-2-11(19)3-6-13/h2-8H,9-10H2,1H3. The molecular formula is C18H14Cl2N2O4S. The molecule has 0 aliphatic rings. The number of fused-ring (bicyclic) bond motifs is 1. The molecule has 0 unspecified atom stereocenters. The fraction of sp³-hybridized carbons (Fsp3) is 0.167. The minimum absolute atomic E-state index is 0.0672. The first-order valence-electron chi connectivity index (χ1n) is 7.78. The van der Waals surface area contributed by atoms with Crippen LogP contribution >= 0.6 is 34.5 Å². The molecule has 0 spiro atoms. The molecule has 0 atom stereocenters. The van der Waals surface area contributed by atoms with Crippen molar-refractivity contribution in [3.63, 3.8) is 0 Å². The van der Waals surface area contributed by atoms with Gasteiger partial charge in [0.1, 0.15) is 12.3 Å². The Labute approximate surface area is 168 Å². The number of carbonyl (C=O) groups is 2. The molecule has 2 aromatic carbocycles. The number of amides is 1. The summed E-state index contributed by atoms with van der Waals surface area (Å²) < 4.78 is 12.6. The van der Waals surface area contributed by atoms with E-state index in [0.29, 0.717) is 20.6 Å². The number of hydrogen-bond donors (Lipinski definition) is 0. The summed E-state index contributed by atoms with van der Waals surface area (Å²) in [6.07, 6.45) is 0. The lowest BCUT2D eigenvalue weighted by Gasteiger charge is -2.04. The molecule has 0 saturated carbocycles. The van der Waals surface area contributed by atoms with Crippen LogP contribution in [0.15, 0.2) is 47.5 Å². The number of benzene rings is 2. The second-order valence-electron chi connectivity index (χ2n) is 5.41. The first-order chi connectivity index (χ1) is 13.0. The zero-order valence-electron chi connectivity index (χ0n) is 14.1. The zero-order valence-corrected chi connectivity index (χ0v) is 16.5. The highest BCUT2D eigenvalue weighted by Crippen LogP contribution is 2.22. The highest BCUT2D eigenvalue weighted by molar-refractivity contribution is 7.16. The number of carbonyl (C=O) groups excluding carboxylic acids is 2. The maximum Gasteiger partial charge on any atom is 0.325 e. The summed E-state index contributed by atoms with van der Waals surface area (Å²) in [5.74, 6) is -0.425. The van der Waals surface area contributed by atoms with Gasteiger partial charge in [0.25, 0.3) is 5.91 Å². The van der Waals surface area contributed by atoms with Crippen LogP contribution in [0.4, 0.5) is 0 Å². The molecule has 1 amide bonds. The number of ether oxygens (including phenoxy) is 2. The summed E-state index contributed by atoms with van der Waals surface area (Å²) in [5, 5.41) is 1.13. The van der Waals surface area contributed by atoms with E-state index in [-0.39, 0.29) is 13.2 Å². The molecule has 0 saturated heterocycles. The SMILES string of the molecule is COC(=O)Cn1c(=NC(=O)COc2ccc(Cl)cc2)sc2cc(Cl)ccc21. The Morgan fingerprint density at radius 2 is 1.81 bits per heavy atom. The third kappa shape index (κ3) is 4.88. The maximum atomic E-state index is 12.2. The third-order valence-corrected chi connectivity index (χ3v) is 5.08. The minimum Gasteiger partial charge on any atom is -0.484 e. The molecule has 27 heavy (non-hydrogen) atoms. The van der Waals surface area contributed by atoms with Crippen LogP contribution in [0.2, 0.25) is 10.0 Å². The van der Waals surface area contributed by atoms with Gasteiger partial charge in [-0.25, -0.2) is 0 Å². The van der Waals surface area contributed by atoms with Crippen molar-refractivity contribution in [3.05, 3.63) is 57.3 Å². The normalized spacial score (nSPS) is 11.6. The van der Waals surface area contributed by atoms with Gasteiger partial charge in [-0.2, -0.15) is 4.99 Å². The van der Waals surface area contributed by atoms with E-state index in [0.717, 1.165) is 10.2 Å². The van der Waals surface area contributed by atoms with Gasteiger partial charge in [0, 0.05) is 10.0 Å². The molecule has 0 aliphatic heterocycles. The quantitative estimate of drug-likeness (QED) is 0.585. The molecule has 0 bridgehead atoms. The highest BCUT2D eigenvalue weighted by atomic mass is 35.5. The zero-order chi connectivity index (χ0) is 19.4. The second kappa shape index (κ2) is 8.56. The van der Waals surface area contributed by atoms with Crippen molar-refractivity contribution in [3.8, 4) is 5.75 Å². The van der Waals surface area contributed by atoms with E-state index >= 15 is 0 Å². The molecule has 1 aromatic heterocycles. The lowest BCUT2D eigenvalue weighted by Crippen LogP contribution is -2.23. The number of esters is 1. The predicted molar refractivity (Wildman–Crippen MR) is 104 cm³/mol. The van der Waals surface area contributed by atoms with E-state index < -0.39 is 11.9 Å². The number of nitrogens with zero attached hydrogens (tertiary/aromatic N) is 2. The van der Waals surface area contributed by atoms with Crippen molar-refractivity contribution in [1.29, 1.82) is 0 Å². The van der Waals surface area contributed by atoms with Gasteiger partial charge in [-0.05, 0) is 42.5 Å². The third-order valence-electron chi connectivity index (χ3n) is 3.56. The molecule has 3 rings (SSSR count). The lowest BCUT2D eigenvalue weighted by atomic mass is 10.3. The Hall–Kier alpha value is -2.35. The summed E-state index contributed by atoms with van der Waals surface area (Å²) in [6, 6.07) is 11.9. The molecule has 9 heteroatoms. The molecule has 6 nitrogen and oxygen atoms in total. The fourth-order valence-electron chi connectivity index (χ4n) is 2.29. The monoisotopic (exact) mass is 424 g/mol. The summed E-state index contributed by atoms with van der Waals surface area (Å²) >= 11 is 13.1. The Morgan fingerprint density at radius 1 is 1.11 bits per heavy atom. The van der Waals surface area contributed by atoms with Crippen LogP contribution in [0.5, 0.6) is 5.75 Å². The first-order valence-corrected chi connectivity index (χ1v) is 9.35. The molecule has 3 aromatic rings. The van der Waals surface area contributed by atoms with Crippen molar-refractivity contribution in [2.75, 3.05) is 13.7 Å². The molecule has 0 radical (unpaired) electrons. The van der Waals surface area contributed by atoms with E-state index in [1.165, 1.54) is 18.4 Å². The Balaban J connectivity index is 1.88. The molecule has 0 aliphatic carbocycles. The first kappa shape index (κ1) is 19.4. The van der Waals surface area contributed by atoms with Crippen molar-refractivity contribution in [2.45, 2.75) is 6.54 Å². The average Bonchev–Trinajstić information content (AvgIpc) is 2.97. The topological polar surface area (TPSA) is 69.9 Å². The summed E-state index contributed by atoms with van der Waals surface area (Å²) in [4.78, 5) is 28.4. The number of methoxy groups -OCH3 is 1. The van der Waals surface area contributed by atoms with Gasteiger partial charge < -0.3 is 14.0 Å². The summed E-state index contributed by atoms with van der Waals surface area (Å²) in [7, 11) is 1.30. The van der Waals surface area contributed by atoms with Crippen LogP contribution in [0, 0.1) is 0 Å². The second-order valence-corrected chi connectivity index (χ2v) is 7.29.